The van der Waals surface area contributed by atoms with Crippen molar-refractivity contribution in [2.45, 2.75) is 11.9 Å². The number of nitrogens with zero attached hydrogens (tertiary/aromatic N) is 1. The Kier molecular flexibility index (Phi) is 5.03. The number of aliphatic carboxylic acids is 1. The molecule has 0 unspecified atom stereocenters. The minimum Gasteiger partial charge on any atom is -0.479 e. The maximum atomic E-state index is 12.3. The summed E-state index contributed by atoms with van der Waals surface area (Å²) in [5.41, 5.74) is 1.75. The van der Waals surface area contributed by atoms with Crippen LogP contribution in [0.1, 0.15) is 15.9 Å². The summed E-state index contributed by atoms with van der Waals surface area (Å²) in [6.07, 6.45) is 1.10. The monoisotopic (exact) mass is 295 g/mol. The lowest BCUT2D eigenvalue weighted by Gasteiger charge is -2.30. The lowest BCUT2D eigenvalue weighted by Crippen LogP contribution is -2.48. The fraction of sp³-hybridized carbons (Fsp3) is 0.429. The van der Waals surface area contributed by atoms with Crippen LogP contribution < -0.4 is 0 Å². The standard InChI is InChI=1S/C14H17NO4S/c1-20-9-10-2-4-11(5-3-10)13(16)15-6-7-19-12(8-15)14(17)18/h2-5,12H,6-9H2,1H3,(H,17,18)/t12-/m1/s1. The summed E-state index contributed by atoms with van der Waals surface area (Å²) in [5, 5.41) is 8.94. The Bertz CT molecular complexity index is 488. The molecule has 6 heteroatoms. The van der Waals surface area contributed by atoms with E-state index in [2.05, 4.69) is 0 Å². The van der Waals surface area contributed by atoms with E-state index in [4.69, 9.17) is 9.84 Å². The maximum absolute atomic E-state index is 12.3. The van der Waals surface area contributed by atoms with Crippen molar-refractivity contribution in [2.75, 3.05) is 26.0 Å². The minimum atomic E-state index is -1.03. The summed E-state index contributed by atoms with van der Waals surface area (Å²) in [7, 11) is 0. The first-order chi connectivity index (χ1) is 9.61. The minimum absolute atomic E-state index is 0.0979. The van der Waals surface area contributed by atoms with Crippen LogP contribution in [0, 0.1) is 0 Å². The van der Waals surface area contributed by atoms with Gasteiger partial charge in [0, 0.05) is 17.9 Å². The molecule has 1 aromatic rings. The fourth-order valence-corrected chi connectivity index (χ4v) is 2.60. The topological polar surface area (TPSA) is 66.8 Å². The molecular formula is C14H17NO4S. The number of ether oxygens (including phenoxy) is 1. The molecule has 5 nitrogen and oxygen atoms in total. The van der Waals surface area contributed by atoms with Crippen LogP contribution in [0.2, 0.25) is 0 Å². The number of morpholine rings is 1. The first kappa shape index (κ1) is 14.9. The van der Waals surface area contributed by atoms with Gasteiger partial charge in [-0.15, -0.1) is 0 Å². The van der Waals surface area contributed by atoms with E-state index in [1.54, 1.807) is 23.9 Å². The largest absolute Gasteiger partial charge is 0.479 e. The van der Waals surface area contributed by atoms with Gasteiger partial charge in [0.1, 0.15) is 0 Å². The number of rotatable bonds is 4. The van der Waals surface area contributed by atoms with Gasteiger partial charge in [-0.1, -0.05) is 12.1 Å². The molecule has 0 aromatic heterocycles. The van der Waals surface area contributed by atoms with Gasteiger partial charge in [-0.05, 0) is 24.0 Å². The van der Waals surface area contributed by atoms with E-state index in [-0.39, 0.29) is 19.1 Å². The zero-order valence-electron chi connectivity index (χ0n) is 11.2. The Balaban J connectivity index is 2.04. The van der Waals surface area contributed by atoms with Crippen molar-refractivity contribution in [3.8, 4) is 0 Å². The number of carboxylic acids is 1. The zero-order valence-corrected chi connectivity index (χ0v) is 12.1. The number of thioether (sulfide) groups is 1. The van der Waals surface area contributed by atoms with E-state index in [0.29, 0.717) is 12.1 Å². The third-order valence-electron chi connectivity index (χ3n) is 3.14. The highest BCUT2D eigenvalue weighted by atomic mass is 32.2. The highest BCUT2D eigenvalue weighted by molar-refractivity contribution is 7.97. The third-order valence-corrected chi connectivity index (χ3v) is 3.76. The molecule has 1 amide bonds. The fourth-order valence-electron chi connectivity index (χ4n) is 2.08. The van der Waals surface area contributed by atoms with Gasteiger partial charge in [0.15, 0.2) is 6.10 Å². The summed E-state index contributed by atoms with van der Waals surface area (Å²) in [6, 6.07) is 7.44. The van der Waals surface area contributed by atoms with Gasteiger partial charge >= 0.3 is 5.97 Å². The van der Waals surface area contributed by atoms with Crippen molar-refractivity contribution >= 4 is 23.6 Å². The van der Waals surface area contributed by atoms with Crippen LogP contribution >= 0.6 is 11.8 Å². The van der Waals surface area contributed by atoms with Gasteiger partial charge in [-0.2, -0.15) is 11.8 Å². The van der Waals surface area contributed by atoms with E-state index in [0.717, 1.165) is 5.75 Å². The number of carboxylic acid groups (broad SMARTS) is 1. The number of hydrogen-bond donors (Lipinski definition) is 1. The smallest absolute Gasteiger partial charge is 0.334 e. The first-order valence-electron chi connectivity index (χ1n) is 6.33. The van der Waals surface area contributed by atoms with E-state index >= 15 is 0 Å². The van der Waals surface area contributed by atoms with Crippen LogP contribution in [0.5, 0.6) is 0 Å². The van der Waals surface area contributed by atoms with Gasteiger partial charge in [-0.25, -0.2) is 4.79 Å². The van der Waals surface area contributed by atoms with Gasteiger partial charge in [0.2, 0.25) is 0 Å². The second-order valence-corrected chi connectivity index (χ2v) is 5.44. The quantitative estimate of drug-likeness (QED) is 0.911. The Morgan fingerprint density at radius 3 is 2.70 bits per heavy atom. The van der Waals surface area contributed by atoms with Crippen LogP contribution in [0.4, 0.5) is 0 Å². The second-order valence-electron chi connectivity index (χ2n) is 4.58. The number of carbonyl (C=O) groups excluding carboxylic acids is 1. The molecule has 0 saturated carbocycles. The molecular weight excluding hydrogens is 278 g/mol. The Morgan fingerprint density at radius 1 is 1.40 bits per heavy atom. The van der Waals surface area contributed by atoms with E-state index in [9.17, 15) is 9.59 Å². The molecule has 20 heavy (non-hydrogen) atoms. The van der Waals surface area contributed by atoms with Crippen LogP contribution in [0.15, 0.2) is 24.3 Å². The molecule has 1 heterocycles. The van der Waals surface area contributed by atoms with E-state index < -0.39 is 12.1 Å². The van der Waals surface area contributed by atoms with Crippen molar-refractivity contribution in [1.29, 1.82) is 0 Å². The van der Waals surface area contributed by atoms with Crippen molar-refractivity contribution in [3.05, 3.63) is 35.4 Å². The molecule has 0 spiro atoms. The maximum Gasteiger partial charge on any atom is 0.334 e. The Hall–Kier alpha value is -1.53. The van der Waals surface area contributed by atoms with E-state index in [1.807, 2.05) is 18.4 Å². The normalized spacial score (nSPS) is 18.9. The highest BCUT2D eigenvalue weighted by Gasteiger charge is 2.29. The molecule has 0 aliphatic carbocycles. The molecule has 1 aliphatic heterocycles. The SMILES string of the molecule is CSCc1ccc(C(=O)N2CCO[C@@H](C(=O)O)C2)cc1. The van der Waals surface area contributed by atoms with Crippen molar-refractivity contribution in [3.63, 3.8) is 0 Å². The van der Waals surface area contributed by atoms with Crippen LogP contribution in [0.3, 0.4) is 0 Å². The number of carbonyl (C=O) groups is 2. The molecule has 1 saturated heterocycles. The molecule has 108 valence electrons. The molecule has 1 atom stereocenters. The van der Waals surface area contributed by atoms with Crippen LogP contribution in [0.25, 0.3) is 0 Å². The molecule has 0 radical (unpaired) electrons. The number of benzene rings is 1. The number of hydrogen-bond acceptors (Lipinski definition) is 4. The van der Waals surface area contributed by atoms with Crippen LogP contribution in [-0.2, 0) is 15.3 Å². The van der Waals surface area contributed by atoms with Gasteiger partial charge in [0.25, 0.3) is 5.91 Å². The van der Waals surface area contributed by atoms with Gasteiger partial charge in [-0.3, -0.25) is 4.79 Å². The lowest BCUT2D eigenvalue weighted by atomic mass is 10.1. The molecule has 1 fully saturated rings. The highest BCUT2D eigenvalue weighted by Crippen LogP contribution is 2.14. The van der Waals surface area contributed by atoms with Crippen molar-refractivity contribution in [2.24, 2.45) is 0 Å². The lowest BCUT2D eigenvalue weighted by molar-refractivity contribution is -0.154. The average Bonchev–Trinajstić information content (AvgIpc) is 2.48. The average molecular weight is 295 g/mol. The predicted octanol–water partition coefficient (Wildman–Crippen LogP) is 1.48. The Labute approximate surface area is 121 Å². The van der Waals surface area contributed by atoms with Gasteiger partial charge in [0.05, 0.1) is 13.2 Å². The Morgan fingerprint density at radius 2 is 2.10 bits per heavy atom. The summed E-state index contributed by atoms with van der Waals surface area (Å²) >= 11 is 1.72. The molecule has 0 bridgehead atoms. The predicted molar refractivity (Wildman–Crippen MR) is 76.9 cm³/mol. The summed E-state index contributed by atoms with van der Waals surface area (Å²) < 4.78 is 5.11. The molecule has 1 aromatic carbocycles. The second kappa shape index (κ2) is 6.76. The molecule has 1 aliphatic rings. The van der Waals surface area contributed by atoms with Gasteiger partial charge < -0.3 is 14.7 Å². The zero-order chi connectivity index (χ0) is 14.5. The summed E-state index contributed by atoms with van der Waals surface area (Å²) in [5.74, 6) is -0.263. The van der Waals surface area contributed by atoms with Crippen LogP contribution in [-0.4, -0.2) is 53.9 Å². The molecule has 1 N–H and O–H groups in total. The summed E-state index contributed by atoms with van der Waals surface area (Å²) in [6.45, 7) is 0.781. The van der Waals surface area contributed by atoms with Crippen molar-refractivity contribution < 1.29 is 19.4 Å². The van der Waals surface area contributed by atoms with E-state index in [1.165, 1.54) is 10.5 Å². The number of amides is 1. The summed E-state index contributed by atoms with van der Waals surface area (Å²) in [4.78, 5) is 24.8. The first-order valence-corrected chi connectivity index (χ1v) is 7.72. The molecule has 2 rings (SSSR count). The third kappa shape index (κ3) is 3.52. The van der Waals surface area contributed by atoms with Crippen molar-refractivity contribution in [1.82, 2.24) is 4.90 Å².